The third-order valence-electron chi connectivity index (χ3n) is 6.72. The molecule has 4 nitrogen and oxygen atoms in total. The number of alkyl halides is 1. The Morgan fingerprint density at radius 2 is 1.19 bits per heavy atom. The van der Waals surface area contributed by atoms with Crippen LogP contribution in [0.15, 0.2) is 97.1 Å². The molecule has 1 aliphatic carbocycles. The smallest absolute Gasteiger partial charge is 0.119 e. The lowest BCUT2D eigenvalue weighted by atomic mass is 9.68. The van der Waals surface area contributed by atoms with Gasteiger partial charge in [-0.2, -0.15) is 0 Å². The number of rotatable bonds is 10. The molecule has 0 bridgehead atoms. The topological polar surface area (TPSA) is 58.9 Å². The van der Waals surface area contributed by atoms with Crippen molar-refractivity contribution in [3.63, 3.8) is 0 Å². The molecule has 0 saturated heterocycles. The molecule has 0 fully saturated rings. The number of halogens is 1. The average Bonchev–Trinajstić information content (AvgIpc) is 3.24. The van der Waals surface area contributed by atoms with Gasteiger partial charge in [0, 0.05) is 13.0 Å². The molecule has 5 heteroatoms. The number of fused-ring (bicyclic) bond motifs is 3. The van der Waals surface area contributed by atoms with Gasteiger partial charge in [-0.3, -0.25) is 0 Å². The van der Waals surface area contributed by atoms with Crippen molar-refractivity contribution in [3.8, 4) is 22.6 Å². The van der Waals surface area contributed by atoms with Gasteiger partial charge in [0.05, 0.1) is 17.9 Å². The van der Waals surface area contributed by atoms with Crippen LogP contribution in [0.25, 0.3) is 11.1 Å². The van der Waals surface area contributed by atoms with E-state index in [1.807, 2.05) is 24.3 Å². The van der Waals surface area contributed by atoms with Gasteiger partial charge in [-0.1, -0.05) is 72.8 Å². The molecule has 0 saturated carbocycles. The summed E-state index contributed by atoms with van der Waals surface area (Å²) in [5.74, 6) is 1.60. The van der Waals surface area contributed by atoms with Crippen molar-refractivity contribution < 1.29 is 19.7 Å². The van der Waals surface area contributed by atoms with E-state index in [2.05, 4.69) is 72.8 Å². The van der Waals surface area contributed by atoms with E-state index in [0.717, 1.165) is 16.9 Å². The van der Waals surface area contributed by atoms with Gasteiger partial charge in [0.15, 0.2) is 0 Å². The van der Waals surface area contributed by atoms with Crippen LogP contribution in [0.1, 0.15) is 28.7 Å². The van der Waals surface area contributed by atoms with Crippen molar-refractivity contribution in [2.75, 3.05) is 25.7 Å². The van der Waals surface area contributed by atoms with Crippen LogP contribution in [0.3, 0.4) is 0 Å². The van der Waals surface area contributed by atoms with Crippen LogP contribution in [-0.2, 0) is 5.41 Å². The monoisotopic (exact) mass is 500 g/mol. The Hall–Kier alpha value is -3.31. The minimum atomic E-state index is -0.704. The summed E-state index contributed by atoms with van der Waals surface area (Å²) in [5.41, 5.74) is 6.66. The minimum absolute atomic E-state index is 0.110. The molecule has 1 atom stereocenters. The summed E-state index contributed by atoms with van der Waals surface area (Å²) in [7, 11) is 0. The second-order valence-corrected chi connectivity index (χ2v) is 9.24. The lowest BCUT2D eigenvalue weighted by molar-refractivity contribution is 0.125. The molecule has 2 N–H and O–H groups in total. The highest BCUT2D eigenvalue weighted by atomic mass is 35.5. The standard InChI is InChI=1S/C31H29ClO4/c32-20-24(34)21-36-26-16-12-23(13-17-26)31(22-10-14-25(15-11-22)35-19-5-18-33)29-8-3-1-6-27(29)28-7-2-4-9-30(28)31/h1-4,6-17,24,33-34H,5,18-21H2. The number of benzene rings is 4. The van der Waals surface area contributed by atoms with Crippen molar-refractivity contribution in [2.45, 2.75) is 17.9 Å². The fraction of sp³-hybridized carbons (Fsp3) is 0.226. The molecule has 4 aromatic rings. The molecule has 1 aliphatic rings. The summed E-state index contributed by atoms with van der Waals surface area (Å²) in [6.45, 7) is 0.739. The van der Waals surface area contributed by atoms with Crippen LogP contribution in [0.5, 0.6) is 11.5 Å². The molecule has 0 heterocycles. The number of aliphatic hydroxyl groups excluding tert-OH is 2. The fourth-order valence-corrected chi connectivity index (χ4v) is 5.21. The molecule has 1 unspecified atom stereocenters. The van der Waals surface area contributed by atoms with Crippen LogP contribution in [0, 0.1) is 0 Å². The Kier molecular flexibility index (Phi) is 7.28. The number of hydrogen-bond donors (Lipinski definition) is 2. The Morgan fingerprint density at radius 1 is 0.694 bits per heavy atom. The quantitative estimate of drug-likeness (QED) is 0.188. The zero-order valence-electron chi connectivity index (χ0n) is 19.9. The van der Waals surface area contributed by atoms with Gasteiger partial charge in [0.25, 0.3) is 0 Å². The molecule has 4 aromatic carbocycles. The molecule has 0 spiro atoms. The molecule has 5 rings (SSSR count). The average molecular weight is 501 g/mol. The Balaban J connectivity index is 1.63. The highest BCUT2D eigenvalue weighted by Gasteiger charge is 2.45. The minimum Gasteiger partial charge on any atom is -0.494 e. The van der Waals surface area contributed by atoms with Gasteiger partial charge >= 0.3 is 0 Å². The van der Waals surface area contributed by atoms with Crippen molar-refractivity contribution in [1.29, 1.82) is 0 Å². The number of hydrogen-bond acceptors (Lipinski definition) is 4. The maximum Gasteiger partial charge on any atom is 0.119 e. The van der Waals surface area contributed by atoms with E-state index in [4.69, 9.17) is 26.2 Å². The molecule has 0 amide bonds. The van der Waals surface area contributed by atoms with Crippen molar-refractivity contribution in [2.24, 2.45) is 0 Å². The zero-order chi connectivity index (χ0) is 25.0. The summed E-state index contributed by atoms with van der Waals surface area (Å²) in [6, 6.07) is 33.5. The third kappa shape index (κ3) is 4.37. The van der Waals surface area contributed by atoms with E-state index in [0.29, 0.717) is 18.8 Å². The number of ether oxygens (including phenoxy) is 2. The van der Waals surface area contributed by atoms with Gasteiger partial charge in [0.2, 0.25) is 0 Å². The normalized spacial score (nSPS) is 14.1. The predicted molar refractivity (Wildman–Crippen MR) is 143 cm³/mol. The number of aliphatic hydroxyl groups is 2. The van der Waals surface area contributed by atoms with Gasteiger partial charge in [-0.15, -0.1) is 11.6 Å². The highest BCUT2D eigenvalue weighted by Crippen LogP contribution is 2.56. The summed E-state index contributed by atoms with van der Waals surface area (Å²) >= 11 is 5.71. The van der Waals surface area contributed by atoms with Crippen molar-refractivity contribution >= 4 is 11.6 Å². The first kappa shape index (κ1) is 24.4. The van der Waals surface area contributed by atoms with Crippen LogP contribution in [0.4, 0.5) is 0 Å². The fourth-order valence-electron chi connectivity index (χ4n) is 5.12. The summed E-state index contributed by atoms with van der Waals surface area (Å²) in [4.78, 5) is 0. The lowest BCUT2D eigenvalue weighted by Crippen LogP contribution is -2.28. The second kappa shape index (κ2) is 10.8. The van der Waals surface area contributed by atoms with E-state index < -0.39 is 11.5 Å². The molecular formula is C31H29ClO4. The molecule has 184 valence electrons. The van der Waals surface area contributed by atoms with Gasteiger partial charge in [0.1, 0.15) is 24.2 Å². The van der Waals surface area contributed by atoms with E-state index >= 15 is 0 Å². The highest BCUT2D eigenvalue weighted by molar-refractivity contribution is 6.18. The van der Waals surface area contributed by atoms with Gasteiger partial charge in [-0.05, 0) is 57.6 Å². The van der Waals surface area contributed by atoms with Crippen LogP contribution in [0.2, 0.25) is 0 Å². The van der Waals surface area contributed by atoms with Crippen molar-refractivity contribution in [1.82, 2.24) is 0 Å². The maximum absolute atomic E-state index is 9.77. The first-order valence-electron chi connectivity index (χ1n) is 12.2. The van der Waals surface area contributed by atoms with E-state index in [1.54, 1.807) is 0 Å². The third-order valence-corrected chi connectivity index (χ3v) is 7.07. The van der Waals surface area contributed by atoms with E-state index in [9.17, 15) is 5.11 Å². The molecule has 36 heavy (non-hydrogen) atoms. The predicted octanol–water partition coefficient (Wildman–Crippen LogP) is 5.79. The van der Waals surface area contributed by atoms with Crippen LogP contribution in [-0.4, -0.2) is 42.0 Å². The molecule has 0 radical (unpaired) electrons. The molecular weight excluding hydrogens is 472 g/mol. The second-order valence-electron chi connectivity index (χ2n) is 8.93. The summed E-state index contributed by atoms with van der Waals surface area (Å²) < 4.78 is 11.6. The Bertz CT molecular complexity index is 1260. The SMILES string of the molecule is OCCCOc1ccc(C2(c3ccc(OCC(O)CCl)cc3)c3ccccc3-c3ccccc32)cc1. The van der Waals surface area contributed by atoms with Gasteiger partial charge in [-0.25, -0.2) is 0 Å². The maximum atomic E-state index is 9.77. The first-order chi connectivity index (χ1) is 17.7. The molecule has 0 aliphatic heterocycles. The zero-order valence-corrected chi connectivity index (χ0v) is 20.7. The molecule has 0 aromatic heterocycles. The van der Waals surface area contributed by atoms with Crippen molar-refractivity contribution in [3.05, 3.63) is 119 Å². The Labute approximate surface area is 216 Å². The van der Waals surface area contributed by atoms with Gasteiger partial charge < -0.3 is 19.7 Å². The van der Waals surface area contributed by atoms with E-state index in [1.165, 1.54) is 22.3 Å². The largest absolute Gasteiger partial charge is 0.494 e. The first-order valence-corrected chi connectivity index (χ1v) is 12.7. The van der Waals surface area contributed by atoms with Crippen LogP contribution < -0.4 is 9.47 Å². The van der Waals surface area contributed by atoms with E-state index in [-0.39, 0.29) is 19.1 Å². The Morgan fingerprint density at radius 3 is 1.69 bits per heavy atom. The summed E-state index contributed by atoms with van der Waals surface area (Å²) in [5, 5.41) is 18.8. The lowest BCUT2D eigenvalue weighted by Gasteiger charge is -2.34. The summed E-state index contributed by atoms with van der Waals surface area (Å²) in [6.07, 6.45) is -0.104. The van der Waals surface area contributed by atoms with Crippen LogP contribution >= 0.6 is 11.6 Å².